The molecule has 5 rings (SSSR count). The van der Waals surface area contributed by atoms with Crippen molar-refractivity contribution < 1.29 is 14.7 Å². The number of thiazole rings is 1. The van der Waals surface area contributed by atoms with E-state index in [1.54, 1.807) is 34.9 Å². The normalized spacial score (nSPS) is 25.7. The van der Waals surface area contributed by atoms with Crippen molar-refractivity contribution in [2.75, 3.05) is 18.0 Å². The van der Waals surface area contributed by atoms with E-state index in [9.17, 15) is 14.7 Å². The molecular weight excluding hydrogens is 529 g/mol. The lowest BCUT2D eigenvalue weighted by Crippen LogP contribution is -2.59. The Labute approximate surface area is 187 Å². The van der Waals surface area contributed by atoms with E-state index in [2.05, 4.69) is 38.5 Å². The minimum Gasteiger partial charge on any atom is -0.477 e. The fourth-order valence-corrected chi connectivity index (χ4v) is 8.96. The number of carbonyl (C=O) groups is 2. The van der Waals surface area contributed by atoms with Gasteiger partial charge in [0.15, 0.2) is 10.8 Å². The van der Waals surface area contributed by atoms with Gasteiger partial charge in [0.25, 0.3) is 0 Å². The molecule has 2 saturated heterocycles. The van der Waals surface area contributed by atoms with Gasteiger partial charge in [0, 0.05) is 22.3 Å². The number of carboxylic acids is 1. The smallest absolute Gasteiger partial charge is 0.354 e. The minimum absolute atomic E-state index is 0.0582. The number of carbonyl (C=O) groups excluding carboxylic acids is 1. The first-order valence-electron chi connectivity index (χ1n) is 8.82. The molecule has 28 heavy (non-hydrogen) atoms. The number of amides is 1. The lowest BCUT2D eigenvalue weighted by molar-refractivity contribution is -0.151. The van der Waals surface area contributed by atoms with Crippen LogP contribution in [-0.4, -0.2) is 54.5 Å². The van der Waals surface area contributed by atoms with Crippen LogP contribution in [0.3, 0.4) is 0 Å². The van der Waals surface area contributed by atoms with Crippen LogP contribution in [-0.2, 0) is 9.59 Å². The van der Waals surface area contributed by atoms with Gasteiger partial charge < -0.3 is 10.0 Å². The number of nitrogens with zero attached hydrogens (tertiary/aromatic N) is 3. The molecule has 1 N–H and O–H groups in total. The summed E-state index contributed by atoms with van der Waals surface area (Å²) in [7, 11) is 0. The summed E-state index contributed by atoms with van der Waals surface area (Å²) in [6.07, 6.45) is 0. The first-order valence-corrected chi connectivity index (χ1v) is 12.6. The third-order valence-corrected chi connectivity index (χ3v) is 9.76. The predicted octanol–water partition coefficient (Wildman–Crippen LogP) is 3.83. The van der Waals surface area contributed by atoms with Gasteiger partial charge in [-0.05, 0) is 12.1 Å². The molecule has 0 saturated carbocycles. The number of hydrogen-bond acceptors (Lipinski definition) is 7. The summed E-state index contributed by atoms with van der Waals surface area (Å²) >= 11 is 7.09. The summed E-state index contributed by atoms with van der Waals surface area (Å²) in [5, 5.41) is 10.9. The van der Waals surface area contributed by atoms with Crippen LogP contribution in [0.5, 0.6) is 0 Å². The Hall–Kier alpha value is -0.980. The number of carboxylic acid groups (broad SMARTS) is 1. The monoisotopic (exact) mass is 545 g/mol. The van der Waals surface area contributed by atoms with Crippen molar-refractivity contribution in [1.82, 2.24) is 9.88 Å². The van der Waals surface area contributed by atoms with Crippen molar-refractivity contribution in [2.24, 2.45) is 5.92 Å². The highest BCUT2D eigenvalue weighted by molar-refractivity contribution is 14.1. The SMILES string of the molecule is C[C@@H](I)[C@H]1C(=O)N2C(C(=O)O)=C(SC3CN(c4nc5ccccc5s4)C3)S[C@H]12. The van der Waals surface area contributed by atoms with E-state index in [-0.39, 0.29) is 26.8 Å². The van der Waals surface area contributed by atoms with Crippen LogP contribution >= 0.6 is 57.5 Å². The first kappa shape index (κ1) is 19.0. The van der Waals surface area contributed by atoms with Crippen LogP contribution in [0.25, 0.3) is 10.2 Å². The molecular formula is C18H16IN3O3S3. The fourth-order valence-electron chi connectivity index (χ4n) is 3.63. The Bertz CT molecular complexity index is 985. The number of halogens is 1. The molecule has 1 amide bonds. The van der Waals surface area contributed by atoms with Crippen molar-refractivity contribution in [3.05, 3.63) is 34.2 Å². The highest BCUT2D eigenvalue weighted by Gasteiger charge is 2.57. The summed E-state index contributed by atoms with van der Waals surface area (Å²) in [4.78, 5) is 32.6. The predicted molar refractivity (Wildman–Crippen MR) is 123 cm³/mol. The average Bonchev–Trinajstić information content (AvgIpc) is 3.16. The lowest BCUT2D eigenvalue weighted by atomic mass is 9.95. The number of thioether (sulfide) groups is 2. The van der Waals surface area contributed by atoms with Crippen molar-refractivity contribution in [3.8, 4) is 0 Å². The average molecular weight is 545 g/mol. The van der Waals surface area contributed by atoms with E-state index in [4.69, 9.17) is 0 Å². The van der Waals surface area contributed by atoms with E-state index < -0.39 is 5.97 Å². The molecule has 0 spiro atoms. The molecule has 0 aliphatic carbocycles. The molecule has 10 heteroatoms. The second-order valence-corrected chi connectivity index (χ2v) is 12.6. The van der Waals surface area contributed by atoms with Crippen molar-refractivity contribution in [3.63, 3.8) is 0 Å². The Balaban J connectivity index is 1.28. The summed E-state index contributed by atoms with van der Waals surface area (Å²) in [5.74, 6) is -1.16. The van der Waals surface area contributed by atoms with E-state index in [1.165, 1.54) is 9.60 Å². The number of β-lactam (4-membered cyclic amide) rings is 1. The van der Waals surface area contributed by atoms with Crippen molar-refractivity contribution in [2.45, 2.75) is 21.5 Å². The number of benzene rings is 1. The molecule has 2 aromatic rings. The molecule has 3 atom stereocenters. The van der Waals surface area contributed by atoms with Gasteiger partial charge in [-0.25, -0.2) is 9.78 Å². The highest BCUT2D eigenvalue weighted by Crippen LogP contribution is 2.56. The second kappa shape index (κ2) is 7.06. The standard InChI is InChI=1S/C18H16IN3O3S3/c1-8(19)12-14(23)22-13(16(24)25)17(28-15(12)22)26-9-6-21(7-9)18-20-10-4-2-3-5-11(10)27-18/h2-5,8-9,12,15H,6-7H2,1H3,(H,24,25)/t8-,12+,15-/m1/s1. The molecule has 0 unspecified atom stereocenters. The van der Waals surface area contributed by atoms with Gasteiger partial charge in [-0.15, -0.1) is 11.8 Å². The van der Waals surface area contributed by atoms with Crippen molar-refractivity contribution in [1.29, 1.82) is 0 Å². The zero-order valence-corrected chi connectivity index (χ0v) is 19.3. The number of para-hydroxylation sites is 1. The molecule has 3 aliphatic heterocycles. The van der Waals surface area contributed by atoms with Gasteiger partial charge in [-0.2, -0.15) is 0 Å². The van der Waals surface area contributed by atoms with E-state index in [0.717, 1.165) is 28.0 Å². The quantitative estimate of drug-likeness (QED) is 0.348. The van der Waals surface area contributed by atoms with Crippen LogP contribution in [0, 0.1) is 5.92 Å². The summed E-state index contributed by atoms with van der Waals surface area (Å²) in [6.45, 7) is 3.69. The first-order chi connectivity index (χ1) is 13.4. The number of aromatic nitrogens is 1. The zero-order chi connectivity index (χ0) is 19.6. The molecule has 1 aromatic carbocycles. The van der Waals surface area contributed by atoms with E-state index in [1.807, 2.05) is 25.1 Å². The fraction of sp³-hybridized carbons (Fsp3) is 0.389. The minimum atomic E-state index is -1.01. The van der Waals surface area contributed by atoms with Crippen molar-refractivity contribution >= 4 is 84.7 Å². The number of rotatable bonds is 5. The number of fused-ring (bicyclic) bond motifs is 2. The summed E-state index contributed by atoms with van der Waals surface area (Å²) in [6, 6.07) is 8.11. The van der Waals surface area contributed by atoms with Gasteiger partial charge in [-0.1, -0.05) is 64.7 Å². The molecule has 2 fully saturated rings. The zero-order valence-electron chi connectivity index (χ0n) is 14.7. The summed E-state index contributed by atoms with van der Waals surface area (Å²) < 4.78 is 2.15. The molecule has 4 heterocycles. The molecule has 3 aliphatic rings. The van der Waals surface area contributed by atoms with Crippen LogP contribution in [0.1, 0.15) is 6.92 Å². The number of aliphatic carboxylic acids is 1. The van der Waals surface area contributed by atoms with Gasteiger partial charge in [0.05, 0.1) is 20.4 Å². The maximum atomic E-state index is 12.4. The Kier molecular flexibility index (Phi) is 4.80. The summed E-state index contributed by atoms with van der Waals surface area (Å²) in [5.41, 5.74) is 1.19. The number of alkyl halides is 1. The third-order valence-electron chi connectivity index (χ3n) is 5.12. The van der Waals surface area contributed by atoms with Gasteiger partial charge >= 0.3 is 5.97 Å². The largest absolute Gasteiger partial charge is 0.477 e. The third kappa shape index (κ3) is 2.94. The highest BCUT2D eigenvalue weighted by atomic mass is 127. The Morgan fingerprint density at radius 3 is 2.82 bits per heavy atom. The lowest BCUT2D eigenvalue weighted by Gasteiger charge is -2.43. The molecule has 0 radical (unpaired) electrons. The molecule has 6 nitrogen and oxygen atoms in total. The maximum Gasteiger partial charge on any atom is 0.354 e. The van der Waals surface area contributed by atoms with Gasteiger partial charge in [0.2, 0.25) is 5.91 Å². The molecule has 146 valence electrons. The van der Waals surface area contributed by atoms with Gasteiger partial charge in [0.1, 0.15) is 5.37 Å². The van der Waals surface area contributed by atoms with Crippen LogP contribution in [0.2, 0.25) is 0 Å². The van der Waals surface area contributed by atoms with E-state index >= 15 is 0 Å². The topological polar surface area (TPSA) is 73.7 Å². The van der Waals surface area contributed by atoms with Crippen LogP contribution in [0.15, 0.2) is 34.2 Å². The second-order valence-electron chi connectivity index (χ2n) is 6.97. The van der Waals surface area contributed by atoms with Crippen LogP contribution in [0.4, 0.5) is 5.13 Å². The molecule has 1 aromatic heterocycles. The van der Waals surface area contributed by atoms with E-state index in [0.29, 0.717) is 5.25 Å². The Morgan fingerprint density at radius 2 is 2.14 bits per heavy atom. The molecule has 0 bridgehead atoms. The number of hydrogen-bond donors (Lipinski definition) is 1. The Morgan fingerprint density at radius 1 is 1.39 bits per heavy atom. The number of anilines is 1. The van der Waals surface area contributed by atoms with Crippen LogP contribution < -0.4 is 4.90 Å². The van der Waals surface area contributed by atoms with Gasteiger partial charge in [-0.3, -0.25) is 9.69 Å². The maximum absolute atomic E-state index is 12.4.